The Morgan fingerprint density at radius 1 is 0.833 bits per heavy atom. The van der Waals surface area contributed by atoms with Gasteiger partial charge in [-0.25, -0.2) is 0 Å². The summed E-state index contributed by atoms with van der Waals surface area (Å²) >= 11 is 0. The number of alkyl halides is 10. The lowest BCUT2D eigenvalue weighted by Crippen LogP contribution is -2.58. The molecule has 0 aromatic rings. The largest absolute Gasteiger partial charge is 0.575 e. The first-order valence-electron chi connectivity index (χ1n) is 8.41. The molecule has 0 heterocycles. The van der Waals surface area contributed by atoms with Gasteiger partial charge in [0, 0.05) is 5.57 Å². The van der Waals surface area contributed by atoms with Crippen LogP contribution in [-0.4, -0.2) is 30.4 Å². The van der Waals surface area contributed by atoms with Gasteiger partial charge in [-0.3, -0.25) is 4.79 Å². The van der Waals surface area contributed by atoms with Crippen molar-refractivity contribution in [1.29, 1.82) is 0 Å². The van der Waals surface area contributed by atoms with Crippen LogP contribution in [0.3, 0.4) is 0 Å². The first kappa shape index (κ1) is 26.3. The average Bonchev–Trinajstić information content (AvgIpc) is 2.85. The van der Waals surface area contributed by atoms with E-state index in [1.54, 1.807) is 0 Å². The molecule has 0 saturated carbocycles. The van der Waals surface area contributed by atoms with Crippen molar-refractivity contribution in [3.05, 3.63) is 23.3 Å². The van der Waals surface area contributed by atoms with Gasteiger partial charge in [0.15, 0.2) is 0 Å². The first-order chi connectivity index (χ1) is 12.8. The molecule has 0 fully saturated rings. The van der Waals surface area contributed by atoms with Crippen LogP contribution in [0.15, 0.2) is 23.3 Å². The Hall–Kier alpha value is -1.75. The highest BCUT2D eigenvalue weighted by atomic mass is 19.4. The van der Waals surface area contributed by atoms with Gasteiger partial charge in [-0.15, -0.1) is 13.2 Å². The number of halogens is 10. The van der Waals surface area contributed by atoms with E-state index in [4.69, 9.17) is 0 Å². The van der Waals surface area contributed by atoms with Crippen molar-refractivity contribution in [3.8, 4) is 0 Å². The van der Waals surface area contributed by atoms with Crippen LogP contribution in [0.2, 0.25) is 0 Å². The third-order valence-corrected chi connectivity index (χ3v) is 4.76. The van der Waals surface area contributed by atoms with E-state index in [-0.39, 0.29) is 11.6 Å². The molecule has 0 spiro atoms. The Bertz CT molecular complexity index is 758. The van der Waals surface area contributed by atoms with Crippen molar-refractivity contribution in [2.45, 2.75) is 65.9 Å². The molecule has 12 heteroatoms. The number of esters is 1. The minimum atomic E-state index is -6.75. The fourth-order valence-electron chi connectivity index (χ4n) is 3.02. The highest BCUT2D eigenvalue weighted by Gasteiger charge is 2.78. The van der Waals surface area contributed by atoms with Crippen molar-refractivity contribution in [1.82, 2.24) is 0 Å². The molecule has 30 heavy (non-hydrogen) atoms. The number of hydrogen-bond donors (Lipinski definition) is 0. The molecule has 0 bridgehead atoms. The number of ether oxygens (including phenoxy) is 1. The van der Waals surface area contributed by atoms with Gasteiger partial charge in [-0.05, 0) is 16.4 Å². The highest BCUT2D eigenvalue weighted by molar-refractivity contribution is 5.87. The van der Waals surface area contributed by atoms with Gasteiger partial charge in [0.05, 0.1) is 0 Å². The van der Waals surface area contributed by atoms with E-state index in [0.717, 1.165) is 20.8 Å². The maximum atomic E-state index is 14.7. The SMILES string of the molecule is CC(C)(C)C1=CC(C(=O)OC(F)(F)F)(C(C)(C)C)C(C(F)(F)C(F)(F)C(F)(F)F)=C1. The number of carbonyl (C=O) groups excluding carboxylic acids is 1. The zero-order valence-corrected chi connectivity index (χ0v) is 16.8. The fourth-order valence-corrected chi connectivity index (χ4v) is 3.02. The molecule has 1 unspecified atom stereocenters. The topological polar surface area (TPSA) is 26.3 Å². The lowest BCUT2D eigenvalue weighted by atomic mass is 9.61. The molecule has 0 radical (unpaired) electrons. The molecule has 1 atom stereocenters. The lowest BCUT2D eigenvalue weighted by molar-refractivity contribution is -0.348. The van der Waals surface area contributed by atoms with Gasteiger partial charge in [-0.1, -0.05) is 53.7 Å². The second-order valence-corrected chi connectivity index (χ2v) is 8.95. The van der Waals surface area contributed by atoms with E-state index in [1.165, 1.54) is 20.8 Å². The van der Waals surface area contributed by atoms with Crippen LogP contribution >= 0.6 is 0 Å². The Morgan fingerprint density at radius 3 is 1.57 bits per heavy atom. The van der Waals surface area contributed by atoms with Gasteiger partial charge < -0.3 is 4.74 Å². The molecule has 1 rings (SSSR count). The Morgan fingerprint density at radius 2 is 1.27 bits per heavy atom. The monoisotopic (exact) mass is 458 g/mol. The molecule has 1 aliphatic rings. The molecule has 0 aromatic heterocycles. The second kappa shape index (κ2) is 6.88. The van der Waals surface area contributed by atoms with Crippen LogP contribution < -0.4 is 0 Å². The minimum Gasteiger partial charge on any atom is -0.372 e. The Balaban J connectivity index is 3.99. The van der Waals surface area contributed by atoms with Crippen molar-refractivity contribution in [2.75, 3.05) is 0 Å². The standard InChI is InChI=1S/C18H20F10O2/c1-12(2,3)9-7-10(15(19,20)16(21,22)17(23,24)25)14(8-9,13(4,5)6)11(29)30-18(26,27)28/h7-8H,1-6H3. The van der Waals surface area contributed by atoms with Gasteiger partial charge in [-0.2, -0.15) is 30.7 Å². The van der Waals surface area contributed by atoms with E-state index < -0.39 is 52.2 Å². The van der Waals surface area contributed by atoms with E-state index in [9.17, 15) is 48.7 Å². The molecular formula is C18H20F10O2. The number of hydrogen-bond acceptors (Lipinski definition) is 2. The van der Waals surface area contributed by atoms with Gasteiger partial charge >= 0.3 is 30.4 Å². The molecule has 174 valence electrons. The van der Waals surface area contributed by atoms with Crippen LogP contribution in [0.1, 0.15) is 41.5 Å². The third-order valence-electron chi connectivity index (χ3n) is 4.76. The van der Waals surface area contributed by atoms with E-state index in [2.05, 4.69) is 4.74 Å². The van der Waals surface area contributed by atoms with Crippen LogP contribution in [0, 0.1) is 16.2 Å². The van der Waals surface area contributed by atoms with Gasteiger partial charge in [0.2, 0.25) is 0 Å². The van der Waals surface area contributed by atoms with Crippen LogP contribution in [0.4, 0.5) is 43.9 Å². The maximum absolute atomic E-state index is 14.7. The molecule has 2 nitrogen and oxygen atoms in total. The molecule has 0 amide bonds. The van der Waals surface area contributed by atoms with E-state index in [0.29, 0.717) is 6.08 Å². The second-order valence-electron chi connectivity index (χ2n) is 8.95. The Labute approximate surface area is 165 Å². The third kappa shape index (κ3) is 4.18. The van der Waals surface area contributed by atoms with Crippen molar-refractivity contribution < 1.29 is 53.4 Å². The molecule has 0 saturated heterocycles. The summed E-state index contributed by atoms with van der Waals surface area (Å²) in [6.45, 7) is 6.88. The van der Waals surface area contributed by atoms with Gasteiger partial charge in [0.1, 0.15) is 5.41 Å². The zero-order valence-electron chi connectivity index (χ0n) is 16.8. The summed E-state index contributed by atoms with van der Waals surface area (Å²) in [5.74, 6) is -15.2. The summed E-state index contributed by atoms with van der Waals surface area (Å²) in [5.41, 5.74) is -8.92. The number of carbonyl (C=O) groups is 1. The summed E-state index contributed by atoms with van der Waals surface area (Å²) in [6.07, 6.45) is -11.7. The maximum Gasteiger partial charge on any atom is 0.575 e. The summed E-state index contributed by atoms with van der Waals surface area (Å²) in [6, 6.07) is 0. The summed E-state index contributed by atoms with van der Waals surface area (Å²) < 4.78 is 137. The van der Waals surface area contributed by atoms with Crippen molar-refractivity contribution in [3.63, 3.8) is 0 Å². The minimum absolute atomic E-state index is 0.225. The van der Waals surface area contributed by atoms with Crippen LogP contribution in [0.5, 0.6) is 0 Å². The molecular weight excluding hydrogens is 438 g/mol. The van der Waals surface area contributed by atoms with Gasteiger partial charge in [0.25, 0.3) is 0 Å². The van der Waals surface area contributed by atoms with Crippen LogP contribution in [-0.2, 0) is 9.53 Å². The fraction of sp³-hybridized carbons (Fsp3) is 0.722. The predicted molar refractivity (Wildman–Crippen MR) is 85.6 cm³/mol. The highest BCUT2D eigenvalue weighted by Crippen LogP contribution is 2.62. The quantitative estimate of drug-likeness (QED) is 0.343. The predicted octanol–water partition coefficient (Wildman–Crippen LogP) is 6.83. The molecule has 1 aliphatic carbocycles. The number of allylic oxidation sites excluding steroid dienone is 2. The Kier molecular flexibility index (Phi) is 6.03. The van der Waals surface area contributed by atoms with Crippen molar-refractivity contribution >= 4 is 5.97 Å². The summed E-state index contributed by atoms with van der Waals surface area (Å²) in [4.78, 5) is 12.4. The molecule has 0 aliphatic heterocycles. The average molecular weight is 458 g/mol. The number of rotatable bonds is 3. The lowest BCUT2D eigenvalue weighted by Gasteiger charge is -2.44. The first-order valence-corrected chi connectivity index (χ1v) is 8.41. The smallest absolute Gasteiger partial charge is 0.372 e. The molecule has 0 N–H and O–H groups in total. The van der Waals surface area contributed by atoms with E-state index >= 15 is 0 Å². The summed E-state index contributed by atoms with van der Waals surface area (Å²) in [5, 5.41) is 0. The van der Waals surface area contributed by atoms with Crippen LogP contribution in [0.25, 0.3) is 0 Å². The van der Waals surface area contributed by atoms with Crippen molar-refractivity contribution in [2.24, 2.45) is 16.2 Å². The van der Waals surface area contributed by atoms with E-state index in [1.807, 2.05) is 0 Å². The summed E-state index contributed by atoms with van der Waals surface area (Å²) in [7, 11) is 0. The zero-order chi connectivity index (χ0) is 24.4. The normalized spacial score (nSPS) is 22.0. The molecule has 0 aromatic carbocycles.